The van der Waals surface area contributed by atoms with Crippen molar-refractivity contribution in [2.75, 3.05) is 6.54 Å². The van der Waals surface area contributed by atoms with Gasteiger partial charge in [0.2, 0.25) is 4.96 Å². The van der Waals surface area contributed by atoms with Crippen molar-refractivity contribution in [3.63, 3.8) is 0 Å². The zero-order valence-corrected chi connectivity index (χ0v) is 13.9. The average Bonchev–Trinajstić information content (AvgIpc) is 3.08. The van der Waals surface area contributed by atoms with Crippen molar-refractivity contribution in [3.8, 4) is 0 Å². The van der Waals surface area contributed by atoms with Crippen molar-refractivity contribution in [2.45, 2.75) is 20.0 Å². The van der Waals surface area contributed by atoms with E-state index in [0.29, 0.717) is 11.5 Å². The van der Waals surface area contributed by atoms with Crippen LogP contribution in [0.25, 0.3) is 4.96 Å². The quantitative estimate of drug-likeness (QED) is 0.651. The molecule has 0 aliphatic heterocycles. The molecule has 3 aromatic rings. The molecular formula is C15H16N4OS2. The van der Waals surface area contributed by atoms with Gasteiger partial charge in [-0.1, -0.05) is 23.5 Å². The minimum atomic E-state index is -0.126. The van der Waals surface area contributed by atoms with Crippen LogP contribution >= 0.6 is 22.7 Å². The van der Waals surface area contributed by atoms with Crippen LogP contribution in [-0.2, 0) is 13.1 Å². The van der Waals surface area contributed by atoms with Crippen LogP contribution < -0.4 is 5.56 Å². The van der Waals surface area contributed by atoms with Gasteiger partial charge in [-0.05, 0) is 18.4 Å². The van der Waals surface area contributed by atoms with Gasteiger partial charge in [-0.2, -0.15) is 9.61 Å². The highest BCUT2D eigenvalue weighted by atomic mass is 32.1. The summed E-state index contributed by atoms with van der Waals surface area (Å²) in [6.07, 6.45) is 1.87. The van der Waals surface area contributed by atoms with E-state index in [1.54, 1.807) is 17.4 Å². The molecule has 7 heteroatoms. The number of aryl methyl sites for hydroxylation is 1. The van der Waals surface area contributed by atoms with Gasteiger partial charge in [0.25, 0.3) is 5.56 Å². The first-order valence-electron chi connectivity index (χ1n) is 6.88. The van der Waals surface area contributed by atoms with Crippen molar-refractivity contribution in [1.82, 2.24) is 19.5 Å². The van der Waals surface area contributed by atoms with Gasteiger partial charge < -0.3 is 0 Å². The molecule has 0 aliphatic rings. The Balaban J connectivity index is 1.85. The van der Waals surface area contributed by atoms with Crippen molar-refractivity contribution >= 4 is 27.6 Å². The van der Waals surface area contributed by atoms with Gasteiger partial charge in [0, 0.05) is 30.6 Å². The van der Waals surface area contributed by atoms with Crippen LogP contribution in [0.5, 0.6) is 0 Å². The molecule has 0 amide bonds. The van der Waals surface area contributed by atoms with E-state index in [2.05, 4.69) is 33.0 Å². The number of aromatic nitrogens is 3. The first-order valence-corrected chi connectivity index (χ1v) is 8.57. The van der Waals surface area contributed by atoms with E-state index < -0.39 is 0 Å². The van der Waals surface area contributed by atoms with E-state index in [1.807, 2.05) is 19.1 Å². The van der Waals surface area contributed by atoms with E-state index >= 15 is 0 Å². The highest BCUT2D eigenvalue weighted by Gasteiger charge is 2.11. The predicted octanol–water partition coefficient (Wildman–Crippen LogP) is 2.71. The summed E-state index contributed by atoms with van der Waals surface area (Å²) in [4.78, 5) is 20.8. The third-order valence-corrected chi connectivity index (χ3v) is 4.82. The minimum absolute atomic E-state index is 0.126. The fraction of sp³-hybridized carbons (Fsp3) is 0.267. The second-order valence-corrected chi connectivity index (χ2v) is 7.13. The second kappa shape index (κ2) is 6.51. The Morgan fingerprint density at radius 1 is 1.45 bits per heavy atom. The summed E-state index contributed by atoms with van der Waals surface area (Å²) in [5.74, 6) is 0. The molecule has 3 aromatic heterocycles. The van der Waals surface area contributed by atoms with Crippen molar-refractivity contribution in [3.05, 3.63) is 62.2 Å². The van der Waals surface area contributed by atoms with Gasteiger partial charge >= 0.3 is 0 Å². The lowest BCUT2D eigenvalue weighted by Gasteiger charge is -2.19. The lowest BCUT2D eigenvalue weighted by Crippen LogP contribution is -2.25. The lowest BCUT2D eigenvalue weighted by molar-refractivity contribution is 0.285. The Morgan fingerprint density at radius 2 is 2.32 bits per heavy atom. The third kappa shape index (κ3) is 3.32. The number of hydrogen-bond acceptors (Lipinski definition) is 6. The summed E-state index contributed by atoms with van der Waals surface area (Å²) in [5, 5.41) is 7.07. The van der Waals surface area contributed by atoms with Crippen molar-refractivity contribution in [2.24, 2.45) is 0 Å². The van der Waals surface area contributed by atoms with Gasteiger partial charge in [0.1, 0.15) is 5.01 Å². The van der Waals surface area contributed by atoms with E-state index in [4.69, 9.17) is 0 Å². The third-order valence-electron chi connectivity index (χ3n) is 3.13. The summed E-state index contributed by atoms with van der Waals surface area (Å²) in [7, 11) is 0. The number of fused-ring (bicyclic) bond motifs is 1. The van der Waals surface area contributed by atoms with Gasteiger partial charge in [-0.25, -0.2) is 4.98 Å². The highest BCUT2D eigenvalue weighted by molar-refractivity contribution is 7.16. The molecule has 0 saturated carbocycles. The molecule has 0 fully saturated rings. The number of rotatable bonds is 6. The van der Waals surface area contributed by atoms with Crippen molar-refractivity contribution in [1.29, 1.82) is 0 Å². The van der Waals surface area contributed by atoms with Crippen LogP contribution in [0, 0.1) is 6.92 Å². The molecule has 0 radical (unpaired) electrons. The number of nitrogens with zero attached hydrogens (tertiary/aromatic N) is 4. The largest absolute Gasteiger partial charge is 0.289 e. The fourth-order valence-electron chi connectivity index (χ4n) is 2.25. The topological polar surface area (TPSA) is 50.5 Å². The SMILES string of the molecule is C=CCN(Cc1cc(=O)n2nc(C)sc2n1)Cc1cccs1. The van der Waals surface area contributed by atoms with E-state index in [0.717, 1.165) is 23.8 Å². The molecule has 0 aromatic carbocycles. The maximum atomic E-state index is 12.1. The van der Waals surface area contributed by atoms with Crippen LogP contribution in [0.3, 0.4) is 0 Å². The Bertz CT molecular complexity index is 835. The second-order valence-electron chi connectivity index (χ2n) is 4.94. The Labute approximate surface area is 136 Å². The maximum Gasteiger partial charge on any atom is 0.275 e. The molecule has 0 bridgehead atoms. The highest BCUT2D eigenvalue weighted by Crippen LogP contribution is 2.15. The average molecular weight is 332 g/mol. The molecule has 0 unspecified atom stereocenters. The first kappa shape index (κ1) is 15.1. The summed E-state index contributed by atoms with van der Waals surface area (Å²) in [6.45, 7) is 7.88. The Morgan fingerprint density at radius 3 is 3.05 bits per heavy atom. The maximum absolute atomic E-state index is 12.1. The van der Waals surface area contributed by atoms with Crippen LogP contribution in [-0.4, -0.2) is 26.0 Å². The summed E-state index contributed by atoms with van der Waals surface area (Å²) in [6, 6.07) is 5.72. The summed E-state index contributed by atoms with van der Waals surface area (Å²) < 4.78 is 1.36. The van der Waals surface area contributed by atoms with Crippen molar-refractivity contribution < 1.29 is 0 Å². The normalized spacial score (nSPS) is 11.4. The molecule has 0 saturated heterocycles. The molecule has 0 spiro atoms. The molecule has 3 heterocycles. The standard InChI is InChI=1S/C15H16N4OS2/c1-3-6-18(10-13-5-4-7-21-13)9-12-8-14(20)19-15(16-12)22-11(2)17-19/h3-5,7-8H,1,6,9-10H2,2H3. The van der Waals surface area contributed by atoms with E-state index in [1.165, 1.54) is 20.7 Å². The molecule has 0 N–H and O–H groups in total. The Hall–Kier alpha value is -1.83. The fourth-order valence-corrected chi connectivity index (χ4v) is 3.77. The first-order chi connectivity index (χ1) is 10.7. The van der Waals surface area contributed by atoms with Gasteiger partial charge in [0.15, 0.2) is 0 Å². The van der Waals surface area contributed by atoms with Gasteiger partial charge in [-0.15, -0.1) is 17.9 Å². The summed E-state index contributed by atoms with van der Waals surface area (Å²) in [5.41, 5.74) is 0.645. The van der Waals surface area contributed by atoms with E-state index in [9.17, 15) is 4.79 Å². The molecule has 5 nitrogen and oxygen atoms in total. The molecule has 0 aliphatic carbocycles. The Kier molecular flexibility index (Phi) is 4.47. The zero-order valence-electron chi connectivity index (χ0n) is 12.2. The smallest absolute Gasteiger partial charge is 0.275 e. The molecule has 114 valence electrons. The molecule has 0 atom stereocenters. The number of hydrogen-bond donors (Lipinski definition) is 0. The summed E-state index contributed by atoms with van der Waals surface area (Å²) >= 11 is 3.16. The van der Waals surface area contributed by atoms with E-state index in [-0.39, 0.29) is 5.56 Å². The van der Waals surface area contributed by atoms with Crippen LogP contribution in [0.15, 0.2) is 41.0 Å². The molecular weight excluding hydrogens is 316 g/mol. The van der Waals surface area contributed by atoms with Crippen LogP contribution in [0.2, 0.25) is 0 Å². The predicted molar refractivity (Wildman–Crippen MR) is 90.5 cm³/mol. The monoisotopic (exact) mass is 332 g/mol. The minimum Gasteiger partial charge on any atom is -0.289 e. The number of thiophene rings is 1. The van der Waals surface area contributed by atoms with Gasteiger partial charge in [0.05, 0.1) is 5.69 Å². The zero-order chi connectivity index (χ0) is 15.5. The van der Waals surface area contributed by atoms with Gasteiger partial charge in [-0.3, -0.25) is 9.69 Å². The lowest BCUT2D eigenvalue weighted by atomic mass is 10.3. The molecule has 22 heavy (non-hydrogen) atoms. The van der Waals surface area contributed by atoms with Crippen LogP contribution in [0.4, 0.5) is 0 Å². The molecule has 3 rings (SSSR count). The van der Waals surface area contributed by atoms with Crippen LogP contribution in [0.1, 0.15) is 15.6 Å².